The molecule has 0 atom stereocenters. The van der Waals surface area contributed by atoms with Crippen molar-refractivity contribution in [3.05, 3.63) is 95.4 Å². The average molecular weight is 357 g/mol. The molecular weight excluding hydrogens is 342 g/mol. The van der Waals surface area contributed by atoms with Crippen molar-refractivity contribution < 1.29 is 5.11 Å². The van der Waals surface area contributed by atoms with E-state index in [-0.39, 0.29) is 11.6 Å². The molecule has 4 rings (SSSR count). The topological polar surface area (TPSA) is 84.8 Å². The number of pyridine rings is 1. The summed E-state index contributed by atoms with van der Waals surface area (Å²) in [5, 5.41) is 18.7. The number of nitrogens with zero attached hydrogens (tertiary/aromatic N) is 5. The van der Waals surface area contributed by atoms with Gasteiger partial charge in [0.2, 0.25) is 11.6 Å². The van der Waals surface area contributed by atoms with E-state index in [9.17, 15) is 9.90 Å². The van der Waals surface area contributed by atoms with Gasteiger partial charge in [0.1, 0.15) is 0 Å². The Hall–Kier alpha value is -4.00. The second-order valence-electron chi connectivity index (χ2n) is 5.66. The Balaban J connectivity index is 1.93. The number of benzene rings is 2. The van der Waals surface area contributed by atoms with Crippen LogP contribution < -0.4 is 5.56 Å². The van der Waals surface area contributed by atoms with Gasteiger partial charge in [-0.05, 0) is 36.4 Å². The van der Waals surface area contributed by atoms with Gasteiger partial charge in [-0.3, -0.25) is 4.79 Å². The smallest absolute Gasteiger partial charge is 0.303 e. The fourth-order valence-electron chi connectivity index (χ4n) is 2.69. The summed E-state index contributed by atoms with van der Waals surface area (Å²) in [4.78, 5) is 17.1. The highest BCUT2D eigenvalue weighted by Crippen LogP contribution is 2.29. The maximum atomic E-state index is 13.0. The number of aromatic hydroxyl groups is 1. The monoisotopic (exact) mass is 357 g/mol. The lowest BCUT2D eigenvalue weighted by Gasteiger charge is -2.12. The first-order valence-electron chi connectivity index (χ1n) is 8.26. The minimum Gasteiger partial charge on any atom is -0.492 e. The fourth-order valence-corrected chi connectivity index (χ4v) is 2.69. The SMILES string of the molecule is O=c1c(N=Nc2ccccn2)c(O)n(-c2ccccc2)n1-c1ccccc1. The molecule has 0 fully saturated rings. The zero-order valence-electron chi connectivity index (χ0n) is 14.2. The Morgan fingerprint density at radius 3 is 1.93 bits per heavy atom. The van der Waals surface area contributed by atoms with Crippen LogP contribution in [0.2, 0.25) is 0 Å². The van der Waals surface area contributed by atoms with E-state index in [1.165, 1.54) is 9.36 Å². The molecule has 0 radical (unpaired) electrons. The van der Waals surface area contributed by atoms with Crippen molar-refractivity contribution in [3.8, 4) is 17.3 Å². The highest BCUT2D eigenvalue weighted by Gasteiger charge is 2.22. The van der Waals surface area contributed by atoms with Crippen LogP contribution in [0.5, 0.6) is 5.88 Å². The molecule has 7 heteroatoms. The number of aromatic nitrogens is 3. The Morgan fingerprint density at radius 2 is 1.33 bits per heavy atom. The van der Waals surface area contributed by atoms with E-state index in [4.69, 9.17) is 0 Å². The van der Waals surface area contributed by atoms with E-state index in [1.54, 1.807) is 48.7 Å². The average Bonchev–Trinajstić information content (AvgIpc) is 2.98. The molecule has 4 aromatic rings. The normalized spacial score (nSPS) is 11.1. The molecule has 27 heavy (non-hydrogen) atoms. The van der Waals surface area contributed by atoms with Crippen LogP contribution in [0.4, 0.5) is 11.5 Å². The van der Waals surface area contributed by atoms with Gasteiger partial charge in [-0.25, -0.2) is 14.3 Å². The molecule has 0 aliphatic rings. The van der Waals surface area contributed by atoms with Crippen molar-refractivity contribution in [1.82, 2.24) is 14.3 Å². The number of azo groups is 1. The summed E-state index contributed by atoms with van der Waals surface area (Å²) in [5.41, 5.74) is 0.576. The van der Waals surface area contributed by atoms with Crippen LogP contribution in [0.1, 0.15) is 0 Å². The molecule has 0 saturated heterocycles. The van der Waals surface area contributed by atoms with Gasteiger partial charge in [-0.2, -0.15) is 0 Å². The predicted octanol–water partition coefficient (Wildman–Crippen LogP) is 4.14. The van der Waals surface area contributed by atoms with Crippen LogP contribution in [0, 0.1) is 0 Å². The third kappa shape index (κ3) is 3.13. The first kappa shape index (κ1) is 16.5. The summed E-state index contributed by atoms with van der Waals surface area (Å²) in [6, 6.07) is 23.3. The van der Waals surface area contributed by atoms with E-state index >= 15 is 0 Å². The number of para-hydroxylation sites is 2. The number of hydrogen-bond acceptors (Lipinski definition) is 5. The largest absolute Gasteiger partial charge is 0.492 e. The van der Waals surface area contributed by atoms with E-state index in [0.717, 1.165) is 0 Å². The molecular formula is C20H15N5O2. The lowest BCUT2D eigenvalue weighted by atomic mass is 10.3. The second-order valence-corrected chi connectivity index (χ2v) is 5.66. The molecule has 7 nitrogen and oxygen atoms in total. The highest BCUT2D eigenvalue weighted by molar-refractivity contribution is 5.53. The van der Waals surface area contributed by atoms with Gasteiger partial charge >= 0.3 is 5.56 Å². The molecule has 0 spiro atoms. The summed E-state index contributed by atoms with van der Waals surface area (Å²) in [5.74, 6) is 0.0461. The Bertz CT molecular complexity index is 1130. The maximum absolute atomic E-state index is 13.0. The van der Waals surface area contributed by atoms with Crippen molar-refractivity contribution in [2.24, 2.45) is 10.2 Å². The minimum absolute atomic E-state index is 0.159. The third-order valence-electron chi connectivity index (χ3n) is 3.91. The molecule has 2 aromatic heterocycles. The lowest BCUT2D eigenvalue weighted by molar-refractivity contribution is 0.426. The van der Waals surface area contributed by atoms with Gasteiger partial charge in [-0.1, -0.05) is 42.5 Å². The van der Waals surface area contributed by atoms with Gasteiger partial charge in [0.15, 0.2) is 5.82 Å². The Labute approximate surface area is 154 Å². The molecule has 1 N–H and O–H groups in total. The van der Waals surface area contributed by atoms with E-state index in [2.05, 4.69) is 15.2 Å². The molecule has 2 heterocycles. The van der Waals surface area contributed by atoms with Crippen LogP contribution in [-0.4, -0.2) is 19.5 Å². The van der Waals surface area contributed by atoms with Crippen LogP contribution >= 0.6 is 0 Å². The van der Waals surface area contributed by atoms with E-state index in [0.29, 0.717) is 17.2 Å². The van der Waals surface area contributed by atoms with Gasteiger partial charge in [0.25, 0.3) is 0 Å². The molecule has 0 saturated carbocycles. The van der Waals surface area contributed by atoms with Crippen LogP contribution in [0.3, 0.4) is 0 Å². The van der Waals surface area contributed by atoms with Gasteiger partial charge in [-0.15, -0.1) is 10.2 Å². The summed E-state index contributed by atoms with van der Waals surface area (Å²) in [6.07, 6.45) is 1.58. The first-order chi connectivity index (χ1) is 13.3. The van der Waals surface area contributed by atoms with E-state index < -0.39 is 5.56 Å². The molecule has 0 unspecified atom stereocenters. The zero-order valence-corrected chi connectivity index (χ0v) is 14.2. The summed E-state index contributed by atoms with van der Waals surface area (Å²) < 4.78 is 2.77. The first-order valence-corrected chi connectivity index (χ1v) is 8.26. The maximum Gasteiger partial charge on any atom is 0.303 e. The van der Waals surface area contributed by atoms with Crippen molar-refractivity contribution in [3.63, 3.8) is 0 Å². The van der Waals surface area contributed by atoms with Crippen LogP contribution in [0.15, 0.2) is 100 Å². The van der Waals surface area contributed by atoms with E-state index in [1.807, 2.05) is 36.4 Å². The molecule has 2 aromatic carbocycles. The van der Waals surface area contributed by atoms with Gasteiger partial charge in [0, 0.05) is 6.20 Å². The fraction of sp³-hybridized carbons (Fsp3) is 0. The third-order valence-corrected chi connectivity index (χ3v) is 3.91. The van der Waals surface area contributed by atoms with Crippen molar-refractivity contribution in [2.75, 3.05) is 0 Å². The van der Waals surface area contributed by atoms with Crippen LogP contribution in [0.25, 0.3) is 11.4 Å². The summed E-state index contributed by atoms with van der Waals surface area (Å²) >= 11 is 0. The molecule has 0 aliphatic heterocycles. The molecule has 0 amide bonds. The molecule has 132 valence electrons. The highest BCUT2D eigenvalue weighted by atomic mass is 16.3. The van der Waals surface area contributed by atoms with Crippen LogP contribution in [-0.2, 0) is 0 Å². The van der Waals surface area contributed by atoms with Crippen molar-refractivity contribution in [2.45, 2.75) is 0 Å². The zero-order chi connectivity index (χ0) is 18.6. The van der Waals surface area contributed by atoms with Crippen molar-refractivity contribution in [1.29, 1.82) is 0 Å². The number of rotatable bonds is 4. The minimum atomic E-state index is -0.484. The second kappa shape index (κ2) is 7.09. The molecule has 0 aliphatic carbocycles. The Morgan fingerprint density at radius 1 is 0.741 bits per heavy atom. The van der Waals surface area contributed by atoms with Crippen molar-refractivity contribution >= 4 is 11.5 Å². The van der Waals surface area contributed by atoms with Gasteiger partial charge < -0.3 is 5.11 Å². The number of hydrogen-bond donors (Lipinski definition) is 1. The molecule has 0 bridgehead atoms. The predicted molar refractivity (Wildman–Crippen MR) is 101 cm³/mol. The van der Waals surface area contributed by atoms with Gasteiger partial charge in [0.05, 0.1) is 11.4 Å². The Kier molecular flexibility index (Phi) is 4.32. The summed E-state index contributed by atoms with van der Waals surface area (Å²) in [7, 11) is 0. The standard InChI is InChI=1S/C20H15N5O2/c26-19-18(23-22-17-13-7-8-14-21-17)20(27)25(16-11-5-2-6-12-16)24(19)15-9-3-1-4-10-15/h1-14,26H. The quantitative estimate of drug-likeness (QED) is 0.557. The summed E-state index contributed by atoms with van der Waals surface area (Å²) in [6.45, 7) is 0. The lowest BCUT2D eigenvalue weighted by Crippen LogP contribution is -2.20.